The SMILES string of the molecule is CCc1ccccc1NC(=O)CN(C)C(=O)CN1c2ccccc2C[C@@H]1C. The third-order valence-corrected chi connectivity index (χ3v) is 5.13. The number of hydrogen-bond acceptors (Lipinski definition) is 3. The van der Waals surface area contributed by atoms with E-state index in [-0.39, 0.29) is 30.9 Å². The van der Waals surface area contributed by atoms with E-state index in [0.29, 0.717) is 0 Å². The molecule has 27 heavy (non-hydrogen) atoms. The van der Waals surface area contributed by atoms with Crippen molar-refractivity contribution in [2.24, 2.45) is 0 Å². The second-order valence-electron chi connectivity index (χ2n) is 7.12. The van der Waals surface area contributed by atoms with E-state index >= 15 is 0 Å². The molecular weight excluding hydrogens is 338 g/mol. The molecule has 0 fully saturated rings. The number of rotatable bonds is 6. The lowest BCUT2D eigenvalue weighted by Gasteiger charge is -2.27. The number of amides is 2. The smallest absolute Gasteiger partial charge is 0.243 e. The summed E-state index contributed by atoms with van der Waals surface area (Å²) in [4.78, 5) is 28.7. The van der Waals surface area contributed by atoms with Gasteiger partial charge in [0.2, 0.25) is 11.8 Å². The first-order valence-corrected chi connectivity index (χ1v) is 9.45. The molecule has 2 amide bonds. The molecule has 2 aromatic rings. The zero-order valence-electron chi connectivity index (χ0n) is 16.2. The minimum atomic E-state index is -0.179. The van der Waals surface area contributed by atoms with Gasteiger partial charge < -0.3 is 15.1 Å². The van der Waals surface area contributed by atoms with Crippen molar-refractivity contribution in [3.63, 3.8) is 0 Å². The van der Waals surface area contributed by atoms with Crippen LogP contribution in [-0.2, 0) is 22.4 Å². The summed E-state index contributed by atoms with van der Waals surface area (Å²) >= 11 is 0. The van der Waals surface area contributed by atoms with Gasteiger partial charge in [-0.2, -0.15) is 0 Å². The normalized spacial score (nSPS) is 15.4. The number of benzene rings is 2. The summed E-state index contributed by atoms with van der Waals surface area (Å²) in [5.74, 6) is -0.237. The fraction of sp³-hybridized carbons (Fsp3) is 0.364. The summed E-state index contributed by atoms with van der Waals surface area (Å²) in [6.45, 7) is 4.51. The van der Waals surface area contributed by atoms with Gasteiger partial charge in [0.1, 0.15) is 0 Å². The molecule has 2 aromatic carbocycles. The summed E-state index contributed by atoms with van der Waals surface area (Å²) in [5.41, 5.74) is 4.29. The van der Waals surface area contributed by atoms with Crippen molar-refractivity contribution in [1.29, 1.82) is 0 Å². The van der Waals surface area contributed by atoms with Crippen molar-refractivity contribution in [2.75, 3.05) is 30.4 Å². The first kappa shape index (κ1) is 19.0. The average Bonchev–Trinajstić information content (AvgIpc) is 2.97. The van der Waals surface area contributed by atoms with Crippen LogP contribution in [0.3, 0.4) is 0 Å². The number of aryl methyl sites for hydroxylation is 1. The molecule has 0 aromatic heterocycles. The molecule has 142 valence electrons. The maximum atomic E-state index is 12.7. The number of carbonyl (C=O) groups excluding carboxylic acids is 2. The van der Waals surface area contributed by atoms with Crippen LogP contribution in [0.15, 0.2) is 48.5 Å². The van der Waals surface area contributed by atoms with Crippen LogP contribution >= 0.6 is 0 Å². The topological polar surface area (TPSA) is 52.7 Å². The van der Waals surface area contributed by atoms with Crippen LogP contribution in [0.5, 0.6) is 0 Å². The number of hydrogen-bond donors (Lipinski definition) is 1. The van der Waals surface area contributed by atoms with E-state index in [4.69, 9.17) is 0 Å². The maximum Gasteiger partial charge on any atom is 0.243 e. The predicted molar refractivity (Wildman–Crippen MR) is 109 cm³/mol. The Morgan fingerprint density at radius 2 is 1.85 bits per heavy atom. The second kappa shape index (κ2) is 8.25. The van der Waals surface area contributed by atoms with Gasteiger partial charge in [-0.1, -0.05) is 43.3 Å². The molecule has 0 unspecified atom stereocenters. The van der Waals surface area contributed by atoms with Gasteiger partial charge in [-0.15, -0.1) is 0 Å². The van der Waals surface area contributed by atoms with Crippen molar-refractivity contribution < 1.29 is 9.59 Å². The van der Waals surface area contributed by atoms with Gasteiger partial charge >= 0.3 is 0 Å². The fourth-order valence-corrected chi connectivity index (χ4v) is 3.58. The van der Waals surface area contributed by atoms with Crippen LogP contribution in [0.25, 0.3) is 0 Å². The Morgan fingerprint density at radius 1 is 1.15 bits per heavy atom. The molecule has 0 bridgehead atoms. The second-order valence-corrected chi connectivity index (χ2v) is 7.12. The highest BCUT2D eigenvalue weighted by Gasteiger charge is 2.28. The lowest BCUT2D eigenvalue weighted by molar-refractivity contribution is -0.132. The summed E-state index contributed by atoms with van der Waals surface area (Å²) in [6.07, 6.45) is 1.79. The molecule has 1 aliphatic rings. The molecule has 0 saturated carbocycles. The Morgan fingerprint density at radius 3 is 2.63 bits per heavy atom. The van der Waals surface area contributed by atoms with Gasteiger partial charge in [-0.05, 0) is 43.0 Å². The number of nitrogens with one attached hydrogen (secondary N) is 1. The number of anilines is 2. The van der Waals surface area contributed by atoms with Gasteiger partial charge in [-0.3, -0.25) is 9.59 Å². The summed E-state index contributed by atoms with van der Waals surface area (Å²) in [5, 5.41) is 2.92. The average molecular weight is 365 g/mol. The van der Waals surface area contributed by atoms with E-state index in [0.717, 1.165) is 29.8 Å². The summed E-state index contributed by atoms with van der Waals surface area (Å²) < 4.78 is 0. The van der Waals surface area contributed by atoms with E-state index in [1.807, 2.05) is 36.4 Å². The van der Waals surface area contributed by atoms with E-state index in [1.54, 1.807) is 7.05 Å². The zero-order chi connectivity index (χ0) is 19.4. The first-order valence-electron chi connectivity index (χ1n) is 9.45. The van der Waals surface area contributed by atoms with E-state index < -0.39 is 0 Å². The number of likely N-dealkylation sites (N-methyl/N-ethyl adjacent to an activating group) is 1. The van der Waals surface area contributed by atoms with E-state index in [9.17, 15) is 9.59 Å². The van der Waals surface area contributed by atoms with Crippen LogP contribution in [0.2, 0.25) is 0 Å². The molecule has 5 nitrogen and oxygen atoms in total. The minimum absolute atomic E-state index is 0.0424. The fourth-order valence-electron chi connectivity index (χ4n) is 3.58. The van der Waals surface area contributed by atoms with Crippen molar-refractivity contribution in [3.05, 3.63) is 59.7 Å². The maximum absolute atomic E-state index is 12.7. The standard InChI is InChI=1S/C22H27N3O2/c1-4-17-9-5-7-11-19(17)23-21(26)14-24(3)22(27)15-25-16(2)13-18-10-6-8-12-20(18)25/h5-12,16H,4,13-15H2,1-3H3,(H,23,26)/t16-/m0/s1. The van der Waals surface area contributed by atoms with Crippen molar-refractivity contribution in [2.45, 2.75) is 32.7 Å². The zero-order valence-corrected chi connectivity index (χ0v) is 16.2. The highest BCUT2D eigenvalue weighted by Crippen LogP contribution is 2.31. The third-order valence-electron chi connectivity index (χ3n) is 5.13. The molecule has 3 rings (SSSR count). The Kier molecular flexibility index (Phi) is 5.79. The Balaban J connectivity index is 1.59. The molecule has 5 heteroatoms. The number of fused-ring (bicyclic) bond motifs is 1. The minimum Gasteiger partial charge on any atom is -0.359 e. The van der Waals surface area contributed by atoms with Gasteiger partial charge in [-0.25, -0.2) is 0 Å². The van der Waals surface area contributed by atoms with Gasteiger partial charge in [0, 0.05) is 24.5 Å². The van der Waals surface area contributed by atoms with Crippen molar-refractivity contribution in [3.8, 4) is 0 Å². The van der Waals surface area contributed by atoms with E-state index in [1.165, 1.54) is 10.5 Å². The lowest BCUT2D eigenvalue weighted by atomic mass is 10.1. The van der Waals surface area contributed by atoms with Crippen LogP contribution in [0.1, 0.15) is 25.0 Å². The Hall–Kier alpha value is -2.82. The van der Waals surface area contributed by atoms with Crippen LogP contribution in [0.4, 0.5) is 11.4 Å². The van der Waals surface area contributed by atoms with E-state index in [2.05, 4.69) is 36.2 Å². The molecule has 1 heterocycles. The molecule has 0 saturated heterocycles. The molecule has 1 aliphatic heterocycles. The number of para-hydroxylation sites is 2. The predicted octanol–water partition coefficient (Wildman–Crippen LogP) is 3.10. The highest BCUT2D eigenvalue weighted by molar-refractivity contribution is 5.95. The highest BCUT2D eigenvalue weighted by atomic mass is 16.2. The Bertz CT molecular complexity index is 834. The van der Waals surface area contributed by atoms with Crippen LogP contribution < -0.4 is 10.2 Å². The van der Waals surface area contributed by atoms with Crippen LogP contribution in [0, 0.1) is 0 Å². The van der Waals surface area contributed by atoms with Gasteiger partial charge in [0.15, 0.2) is 0 Å². The largest absolute Gasteiger partial charge is 0.359 e. The molecule has 0 spiro atoms. The monoisotopic (exact) mass is 365 g/mol. The summed E-state index contributed by atoms with van der Waals surface area (Å²) in [6, 6.07) is 16.2. The lowest BCUT2D eigenvalue weighted by Crippen LogP contribution is -2.43. The van der Waals surface area contributed by atoms with Gasteiger partial charge in [0.05, 0.1) is 13.1 Å². The first-order chi connectivity index (χ1) is 13.0. The molecule has 1 atom stereocenters. The van der Waals surface area contributed by atoms with Crippen molar-refractivity contribution in [1.82, 2.24) is 4.90 Å². The Labute approximate surface area is 161 Å². The molecule has 0 radical (unpaired) electrons. The molecular formula is C22H27N3O2. The van der Waals surface area contributed by atoms with Gasteiger partial charge in [0.25, 0.3) is 0 Å². The number of nitrogens with zero attached hydrogens (tertiary/aromatic N) is 2. The quantitative estimate of drug-likeness (QED) is 0.856. The van der Waals surface area contributed by atoms with Crippen molar-refractivity contribution >= 4 is 23.2 Å². The summed E-state index contributed by atoms with van der Waals surface area (Å²) in [7, 11) is 1.68. The number of carbonyl (C=O) groups is 2. The third kappa shape index (κ3) is 4.30. The molecule has 1 N–H and O–H groups in total. The molecule has 0 aliphatic carbocycles. The van der Waals surface area contributed by atoms with Crippen LogP contribution in [-0.4, -0.2) is 42.9 Å².